The van der Waals surface area contributed by atoms with Gasteiger partial charge in [0.05, 0.1) is 0 Å². The molecule has 1 nitrogen and oxygen atoms in total. The summed E-state index contributed by atoms with van der Waals surface area (Å²) in [6.45, 7) is 25.0. The van der Waals surface area contributed by atoms with Crippen LogP contribution in [0.3, 0.4) is 0 Å². The van der Waals surface area contributed by atoms with Gasteiger partial charge in [-0.2, -0.15) is 0 Å². The van der Waals surface area contributed by atoms with E-state index in [4.69, 9.17) is 4.43 Å². The second-order valence-corrected chi connectivity index (χ2v) is 21.2. The summed E-state index contributed by atoms with van der Waals surface area (Å²) in [4.78, 5) is 0. The van der Waals surface area contributed by atoms with Crippen molar-refractivity contribution in [1.29, 1.82) is 0 Å². The third kappa shape index (κ3) is 5.24. The molecule has 0 aromatic heterocycles. The predicted molar refractivity (Wildman–Crippen MR) is 155 cm³/mol. The minimum absolute atomic E-state index is 0.324. The lowest BCUT2D eigenvalue weighted by molar-refractivity contribution is -0.127. The van der Waals surface area contributed by atoms with E-state index in [-0.39, 0.29) is 0 Å². The first-order chi connectivity index (χ1) is 16.2. The van der Waals surface area contributed by atoms with Crippen molar-refractivity contribution < 1.29 is 4.43 Å². The second kappa shape index (κ2) is 10.1. The maximum atomic E-state index is 6.98. The fourth-order valence-electron chi connectivity index (χ4n) is 9.94. The molecule has 35 heavy (non-hydrogen) atoms. The van der Waals surface area contributed by atoms with Crippen molar-refractivity contribution >= 4 is 8.32 Å². The Hall–Kier alpha value is 0.177. The molecule has 0 aromatic rings. The first kappa shape index (κ1) is 28.2. The van der Waals surface area contributed by atoms with Crippen LogP contribution < -0.4 is 0 Å². The zero-order chi connectivity index (χ0) is 25.8. The third-order valence-electron chi connectivity index (χ3n) is 13.1. The van der Waals surface area contributed by atoms with E-state index in [1.807, 2.05) is 0 Å². The molecule has 4 aliphatic carbocycles. The summed E-state index contributed by atoms with van der Waals surface area (Å²) < 4.78 is 6.98. The van der Waals surface area contributed by atoms with Gasteiger partial charge in [0.25, 0.3) is 0 Å². The molecule has 4 aliphatic rings. The first-order valence-electron chi connectivity index (χ1n) is 15.9. The largest absolute Gasteiger partial charge is 0.414 e. The highest BCUT2D eigenvalue weighted by atomic mass is 28.4. The standard InChI is InChI=1S/C33H62OSi/c1-23(2)12-11-13-24(3)28-16-17-29-27-15-14-25-22-26(34-35(9,10)31(4,5)6)18-20-32(25,7)30(27)19-21-33(28,29)8/h23-30H,11-22H2,1-10H3/t24-,25?,26-,27?,28-,29?,30?,32-,33+/m0/s1. The van der Waals surface area contributed by atoms with Crippen LogP contribution in [0.25, 0.3) is 0 Å². The van der Waals surface area contributed by atoms with Gasteiger partial charge in [-0.15, -0.1) is 0 Å². The molecule has 4 unspecified atom stereocenters. The van der Waals surface area contributed by atoms with Crippen molar-refractivity contribution in [2.45, 2.75) is 157 Å². The van der Waals surface area contributed by atoms with E-state index in [1.54, 1.807) is 0 Å². The number of fused-ring (bicyclic) bond motifs is 5. The van der Waals surface area contributed by atoms with Gasteiger partial charge in [-0.25, -0.2) is 0 Å². The molecule has 4 rings (SSSR count). The molecule has 0 radical (unpaired) electrons. The highest BCUT2D eigenvalue weighted by Crippen LogP contribution is 2.68. The van der Waals surface area contributed by atoms with Gasteiger partial charge in [0.15, 0.2) is 8.32 Å². The summed E-state index contributed by atoms with van der Waals surface area (Å²) in [5.41, 5.74) is 1.21. The number of rotatable bonds is 7. The van der Waals surface area contributed by atoms with E-state index < -0.39 is 8.32 Å². The Balaban J connectivity index is 1.41. The summed E-state index contributed by atoms with van der Waals surface area (Å²) in [5, 5.41) is 0.324. The summed E-state index contributed by atoms with van der Waals surface area (Å²) in [6.07, 6.45) is 18.1. The second-order valence-electron chi connectivity index (χ2n) is 16.5. The van der Waals surface area contributed by atoms with Gasteiger partial charge >= 0.3 is 0 Å². The molecule has 4 fully saturated rings. The maximum Gasteiger partial charge on any atom is 0.192 e. The molecule has 9 atom stereocenters. The zero-order valence-corrected chi connectivity index (χ0v) is 26.5. The highest BCUT2D eigenvalue weighted by Gasteiger charge is 2.60. The molecule has 0 amide bonds. The lowest BCUT2D eigenvalue weighted by Crippen LogP contribution is -2.55. The maximum absolute atomic E-state index is 6.98. The van der Waals surface area contributed by atoms with E-state index in [0.717, 1.165) is 41.4 Å². The molecule has 0 spiro atoms. The normalized spacial score (nSPS) is 42.9. The topological polar surface area (TPSA) is 9.23 Å². The quantitative estimate of drug-likeness (QED) is 0.314. The van der Waals surface area contributed by atoms with Crippen molar-refractivity contribution in [2.75, 3.05) is 0 Å². The third-order valence-corrected chi connectivity index (χ3v) is 17.6. The Bertz CT molecular complexity index is 721. The highest BCUT2D eigenvalue weighted by molar-refractivity contribution is 6.74. The molecule has 0 heterocycles. The van der Waals surface area contributed by atoms with Crippen molar-refractivity contribution in [1.82, 2.24) is 0 Å². The fourth-order valence-corrected chi connectivity index (χ4v) is 11.3. The summed E-state index contributed by atoms with van der Waals surface area (Å²) in [5.74, 6) is 6.70. The Morgan fingerprint density at radius 3 is 2.14 bits per heavy atom. The summed E-state index contributed by atoms with van der Waals surface area (Å²) in [6, 6.07) is 0. The van der Waals surface area contributed by atoms with Crippen LogP contribution >= 0.6 is 0 Å². The Morgan fingerprint density at radius 1 is 0.829 bits per heavy atom. The van der Waals surface area contributed by atoms with Gasteiger partial charge in [-0.1, -0.05) is 74.7 Å². The van der Waals surface area contributed by atoms with Crippen LogP contribution in [0.1, 0.15) is 132 Å². The van der Waals surface area contributed by atoms with Crippen molar-refractivity contribution in [3.63, 3.8) is 0 Å². The average molecular weight is 503 g/mol. The molecule has 0 saturated heterocycles. The molecule has 0 aliphatic heterocycles. The van der Waals surface area contributed by atoms with Crippen molar-refractivity contribution in [3.8, 4) is 0 Å². The van der Waals surface area contributed by atoms with Crippen LogP contribution in [0.4, 0.5) is 0 Å². The van der Waals surface area contributed by atoms with Gasteiger partial charge in [-0.05, 0) is 128 Å². The number of hydrogen-bond donors (Lipinski definition) is 0. The van der Waals surface area contributed by atoms with Crippen molar-refractivity contribution in [2.24, 2.45) is 52.3 Å². The first-order valence-corrected chi connectivity index (χ1v) is 18.8. The summed E-state index contributed by atoms with van der Waals surface area (Å²) in [7, 11) is -1.67. The molecule has 4 saturated carbocycles. The fraction of sp³-hybridized carbons (Fsp3) is 1.00. The zero-order valence-electron chi connectivity index (χ0n) is 25.5. The van der Waals surface area contributed by atoms with E-state index >= 15 is 0 Å². The Morgan fingerprint density at radius 2 is 1.49 bits per heavy atom. The van der Waals surface area contributed by atoms with Gasteiger partial charge in [0.1, 0.15) is 0 Å². The van der Waals surface area contributed by atoms with Gasteiger partial charge in [0.2, 0.25) is 0 Å². The molecule has 0 bridgehead atoms. The van der Waals surface area contributed by atoms with Crippen molar-refractivity contribution in [3.05, 3.63) is 0 Å². The predicted octanol–water partition coefficient (Wildman–Crippen LogP) is 10.5. The smallest absolute Gasteiger partial charge is 0.192 e. The van der Waals surface area contributed by atoms with Gasteiger partial charge < -0.3 is 4.43 Å². The SMILES string of the molecule is CC(C)CCC[C@H](C)[C@@H]1CCC2C3CCC4C[C@@H](O[Si](C)(C)C(C)(C)C)CC[C@]4(C)C3CC[C@@]21C. The monoisotopic (exact) mass is 502 g/mol. The van der Waals surface area contributed by atoms with Crippen LogP contribution in [0.15, 0.2) is 0 Å². The Labute approximate surface area is 221 Å². The van der Waals surface area contributed by atoms with E-state index in [9.17, 15) is 0 Å². The van der Waals surface area contributed by atoms with Crippen LogP contribution in [-0.2, 0) is 4.43 Å². The molecule has 0 N–H and O–H groups in total. The minimum Gasteiger partial charge on any atom is -0.414 e. The van der Waals surface area contributed by atoms with E-state index in [1.165, 1.54) is 77.0 Å². The number of hydrogen-bond acceptors (Lipinski definition) is 1. The lowest BCUT2D eigenvalue weighted by Gasteiger charge is -2.61. The molecular weight excluding hydrogens is 440 g/mol. The van der Waals surface area contributed by atoms with Gasteiger partial charge in [-0.3, -0.25) is 0 Å². The van der Waals surface area contributed by atoms with Gasteiger partial charge in [0, 0.05) is 6.10 Å². The van der Waals surface area contributed by atoms with Crippen LogP contribution in [-0.4, -0.2) is 14.4 Å². The molecule has 0 aromatic carbocycles. The average Bonchev–Trinajstić information content (AvgIpc) is 3.10. The molecular formula is C33H62OSi. The van der Waals surface area contributed by atoms with Crippen LogP contribution in [0.2, 0.25) is 18.1 Å². The van der Waals surface area contributed by atoms with E-state index in [0.29, 0.717) is 22.0 Å². The summed E-state index contributed by atoms with van der Waals surface area (Å²) >= 11 is 0. The van der Waals surface area contributed by atoms with E-state index in [2.05, 4.69) is 68.5 Å². The van der Waals surface area contributed by atoms with Crippen LogP contribution in [0.5, 0.6) is 0 Å². The Kier molecular flexibility index (Phi) is 8.10. The minimum atomic E-state index is -1.67. The molecule has 204 valence electrons. The lowest BCUT2D eigenvalue weighted by atomic mass is 9.44. The van der Waals surface area contributed by atoms with Crippen LogP contribution in [0, 0.1) is 52.3 Å². The molecule has 2 heteroatoms.